The lowest BCUT2D eigenvalue weighted by atomic mass is 10.2. The van der Waals surface area contributed by atoms with Crippen LogP contribution in [-0.2, 0) is 4.79 Å². The van der Waals surface area contributed by atoms with E-state index < -0.39 is 0 Å². The quantitative estimate of drug-likeness (QED) is 0.856. The second-order valence-corrected chi connectivity index (χ2v) is 4.31. The van der Waals surface area contributed by atoms with E-state index in [4.69, 9.17) is 11.6 Å². The minimum Gasteiger partial charge on any atom is -0.494 e. The number of halogens is 1. The number of carbonyl (C=O) groups is 1. The van der Waals surface area contributed by atoms with Gasteiger partial charge in [0.05, 0.1) is 11.9 Å². The first kappa shape index (κ1) is 11.0. The Balaban J connectivity index is 2.13. The van der Waals surface area contributed by atoms with Crippen LogP contribution in [0, 0.1) is 0 Å². The number of fused-ring (bicyclic) bond motifs is 1. The number of aliphatic hydroxyl groups excluding tert-OH is 1. The molecule has 0 fully saturated rings. The smallest absolute Gasteiger partial charge is 0.240 e. The molecule has 3 rings (SSSR count). The van der Waals surface area contributed by atoms with Crippen molar-refractivity contribution in [2.45, 2.75) is 6.42 Å². The molecule has 5 nitrogen and oxygen atoms in total. The summed E-state index contributed by atoms with van der Waals surface area (Å²) >= 11 is 5.89. The van der Waals surface area contributed by atoms with E-state index in [-0.39, 0.29) is 24.2 Å². The maximum Gasteiger partial charge on any atom is 0.240 e. The van der Waals surface area contributed by atoms with E-state index in [1.54, 1.807) is 24.4 Å². The van der Waals surface area contributed by atoms with Crippen LogP contribution in [0.4, 0.5) is 5.95 Å². The molecule has 0 atom stereocenters. The van der Waals surface area contributed by atoms with Gasteiger partial charge in [0.2, 0.25) is 11.9 Å². The molecular weight excluding hydrogens is 254 g/mol. The van der Waals surface area contributed by atoms with Gasteiger partial charge in [0.25, 0.3) is 0 Å². The number of amides is 1. The first-order valence-corrected chi connectivity index (χ1v) is 5.67. The van der Waals surface area contributed by atoms with Gasteiger partial charge in [0.1, 0.15) is 0 Å². The predicted molar refractivity (Wildman–Crippen MR) is 67.4 cm³/mol. The molecule has 0 bridgehead atoms. The minimum atomic E-state index is -0.256. The molecule has 0 spiro atoms. The standard InChI is InChI=1S/C12H8ClN3O2/c13-8-2-1-7-6-14-12(15-9(7)5-8)16-10(17)3-4-11(16)18/h1-3,5-6,17H,4H2. The van der Waals surface area contributed by atoms with E-state index in [0.717, 1.165) is 10.3 Å². The summed E-state index contributed by atoms with van der Waals surface area (Å²) < 4.78 is 0. The van der Waals surface area contributed by atoms with Crippen LogP contribution in [0.5, 0.6) is 0 Å². The number of rotatable bonds is 1. The summed E-state index contributed by atoms with van der Waals surface area (Å²) in [5.41, 5.74) is 0.625. The number of nitrogens with zero attached hydrogens (tertiary/aromatic N) is 3. The van der Waals surface area contributed by atoms with Crippen molar-refractivity contribution in [1.29, 1.82) is 0 Å². The highest BCUT2D eigenvalue weighted by molar-refractivity contribution is 6.31. The normalized spacial score (nSPS) is 15.3. The molecule has 2 aromatic rings. The Bertz CT molecular complexity index is 684. The number of anilines is 1. The van der Waals surface area contributed by atoms with Crippen molar-refractivity contribution >= 4 is 34.4 Å². The topological polar surface area (TPSA) is 66.3 Å². The average molecular weight is 262 g/mol. The van der Waals surface area contributed by atoms with Crippen molar-refractivity contribution in [2.75, 3.05) is 4.90 Å². The minimum absolute atomic E-state index is 0.138. The Kier molecular flexibility index (Phi) is 2.41. The van der Waals surface area contributed by atoms with Crippen LogP contribution in [0.25, 0.3) is 10.9 Å². The molecule has 1 aromatic carbocycles. The second-order valence-electron chi connectivity index (χ2n) is 3.87. The second kappa shape index (κ2) is 3.96. The predicted octanol–water partition coefficient (Wildman–Crippen LogP) is 2.42. The maximum atomic E-state index is 11.6. The Morgan fingerprint density at radius 3 is 2.94 bits per heavy atom. The van der Waals surface area contributed by atoms with Crippen molar-refractivity contribution < 1.29 is 9.90 Å². The number of carbonyl (C=O) groups excluding carboxylic acids is 1. The third kappa shape index (κ3) is 1.69. The lowest BCUT2D eigenvalue weighted by molar-refractivity contribution is -0.117. The molecule has 1 amide bonds. The molecule has 90 valence electrons. The van der Waals surface area contributed by atoms with Crippen LogP contribution >= 0.6 is 11.6 Å². The van der Waals surface area contributed by atoms with Crippen LogP contribution in [-0.4, -0.2) is 21.0 Å². The number of aliphatic hydroxyl groups is 1. The van der Waals surface area contributed by atoms with Crippen molar-refractivity contribution in [2.24, 2.45) is 0 Å². The molecule has 18 heavy (non-hydrogen) atoms. The van der Waals surface area contributed by atoms with Gasteiger partial charge in [-0.2, -0.15) is 0 Å². The fourth-order valence-electron chi connectivity index (χ4n) is 1.80. The third-order valence-electron chi connectivity index (χ3n) is 2.67. The molecule has 2 heterocycles. The molecule has 0 aliphatic carbocycles. The summed E-state index contributed by atoms with van der Waals surface area (Å²) in [6.45, 7) is 0. The van der Waals surface area contributed by atoms with Gasteiger partial charge in [0, 0.05) is 16.6 Å². The molecule has 0 unspecified atom stereocenters. The molecule has 1 N–H and O–H groups in total. The number of hydrogen-bond acceptors (Lipinski definition) is 4. The van der Waals surface area contributed by atoms with E-state index >= 15 is 0 Å². The van der Waals surface area contributed by atoms with E-state index in [0.29, 0.717) is 10.5 Å². The number of benzene rings is 1. The molecule has 1 aliphatic rings. The number of aromatic nitrogens is 2. The summed E-state index contributed by atoms with van der Waals surface area (Å²) in [5, 5.41) is 11.0. The molecule has 1 aliphatic heterocycles. The Morgan fingerprint density at radius 2 is 2.22 bits per heavy atom. The van der Waals surface area contributed by atoms with Gasteiger partial charge >= 0.3 is 0 Å². The Hall–Kier alpha value is -2.14. The fourth-order valence-corrected chi connectivity index (χ4v) is 1.96. The lowest BCUT2D eigenvalue weighted by Gasteiger charge is -2.14. The highest BCUT2D eigenvalue weighted by Gasteiger charge is 2.27. The van der Waals surface area contributed by atoms with Crippen molar-refractivity contribution in [3.8, 4) is 0 Å². The summed E-state index contributed by atoms with van der Waals surface area (Å²) in [5.74, 6) is -0.240. The fraction of sp³-hybridized carbons (Fsp3) is 0.0833. The van der Waals surface area contributed by atoms with Gasteiger partial charge in [0.15, 0.2) is 5.88 Å². The van der Waals surface area contributed by atoms with Crippen molar-refractivity contribution in [1.82, 2.24) is 9.97 Å². The lowest BCUT2D eigenvalue weighted by Crippen LogP contribution is -2.26. The summed E-state index contributed by atoms with van der Waals surface area (Å²) in [6.07, 6.45) is 3.17. The van der Waals surface area contributed by atoms with Gasteiger partial charge in [-0.15, -0.1) is 0 Å². The zero-order valence-electron chi connectivity index (χ0n) is 9.17. The van der Waals surface area contributed by atoms with Gasteiger partial charge < -0.3 is 5.11 Å². The Morgan fingerprint density at radius 1 is 1.39 bits per heavy atom. The zero-order chi connectivity index (χ0) is 12.7. The molecule has 0 saturated heterocycles. The zero-order valence-corrected chi connectivity index (χ0v) is 9.92. The largest absolute Gasteiger partial charge is 0.494 e. The number of hydrogen-bond donors (Lipinski definition) is 1. The van der Waals surface area contributed by atoms with Gasteiger partial charge in [-0.3, -0.25) is 4.79 Å². The monoisotopic (exact) mass is 261 g/mol. The van der Waals surface area contributed by atoms with E-state index in [9.17, 15) is 9.90 Å². The van der Waals surface area contributed by atoms with Gasteiger partial charge in [-0.05, 0) is 24.3 Å². The van der Waals surface area contributed by atoms with Gasteiger partial charge in [-0.25, -0.2) is 14.9 Å². The SMILES string of the molecule is O=C1CC=C(O)N1c1ncc2ccc(Cl)cc2n1. The van der Waals surface area contributed by atoms with Gasteiger partial charge in [-0.1, -0.05) is 11.6 Å². The van der Waals surface area contributed by atoms with Crippen LogP contribution in [0.1, 0.15) is 6.42 Å². The first-order chi connectivity index (χ1) is 8.65. The van der Waals surface area contributed by atoms with Crippen LogP contribution in [0.15, 0.2) is 36.4 Å². The summed E-state index contributed by atoms with van der Waals surface area (Å²) in [7, 11) is 0. The summed E-state index contributed by atoms with van der Waals surface area (Å²) in [4.78, 5) is 21.0. The van der Waals surface area contributed by atoms with E-state index in [2.05, 4.69) is 9.97 Å². The third-order valence-corrected chi connectivity index (χ3v) is 2.90. The molecule has 1 aromatic heterocycles. The molecule has 0 radical (unpaired) electrons. The van der Waals surface area contributed by atoms with E-state index in [1.807, 2.05) is 0 Å². The highest BCUT2D eigenvalue weighted by Crippen LogP contribution is 2.23. The highest BCUT2D eigenvalue weighted by atomic mass is 35.5. The van der Waals surface area contributed by atoms with E-state index in [1.165, 1.54) is 6.08 Å². The van der Waals surface area contributed by atoms with Crippen molar-refractivity contribution in [3.63, 3.8) is 0 Å². The maximum absolute atomic E-state index is 11.6. The van der Waals surface area contributed by atoms with Crippen LogP contribution in [0.2, 0.25) is 5.02 Å². The Labute approximate surface area is 107 Å². The van der Waals surface area contributed by atoms with Crippen LogP contribution < -0.4 is 4.90 Å². The molecule has 0 saturated carbocycles. The van der Waals surface area contributed by atoms with Crippen molar-refractivity contribution in [3.05, 3.63) is 41.4 Å². The molecular formula is C12H8ClN3O2. The average Bonchev–Trinajstić information content (AvgIpc) is 2.68. The molecule has 6 heteroatoms. The first-order valence-electron chi connectivity index (χ1n) is 5.29. The van der Waals surface area contributed by atoms with Crippen LogP contribution in [0.3, 0.4) is 0 Å². The summed E-state index contributed by atoms with van der Waals surface area (Å²) in [6, 6.07) is 5.22.